The van der Waals surface area contributed by atoms with Gasteiger partial charge in [-0.15, -0.1) is 0 Å². The van der Waals surface area contributed by atoms with Crippen LogP contribution in [-0.4, -0.2) is 23.6 Å². The quantitative estimate of drug-likeness (QED) is 0.885. The first-order chi connectivity index (χ1) is 10.2. The summed E-state index contributed by atoms with van der Waals surface area (Å²) in [6, 6.07) is 4.24. The van der Waals surface area contributed by atoms with E-state index in [0.29, 0.717) is 0 Å². The second-order valence-electron chi connectivity index (χ2n) is 5.22. The van der Waals surface area contributed by atoms with E-state index in [1.54, 1.807) is 19.5 Å². The zero-order valence-corrected chi connectivity index (χ0v) is 13.2. The lowest BCUT2D eigenvalue weighted by Gasteiger charge is -2.23. The van der Waals surface area contributed by atoms with Crippen molar-refractivity contribution in [3.8, 4) is 5.75 Å². The number of benzene rings is 1. The molecule has 0 amide bonds. The van der Waals surface area contributed by atoms with Gasteiger partial charge in [-0.05, 0) is 44.0 Å². The van der Waals surface area contributed by atoms with Crippen LogP contribution in [0.25, 0.3) is 0 Å². The van der Waals surface area contributed by atoms with Gasteiger partial charge >= 0.3 is 0 Å². The van der Waals surface area contributed by atoms with Crippen LogP contribution in [0.3, 0.4) is 0 Å². The Bertz CT molecular complexity index is 584. The molecule has 1 atom stereocenters. The number of hydrogen-bond donors (Lipinski definition) is 1. The molecular weight excluding hydrogens is 262 g/mol. The number of ether oxygens (including phenoxy) is 1. The summed E-state index contributed by atoms with van der Waals surface area (Å²) in [5.41, 5.74) is 4.45. The van der Waals surface area contributed by atoms with Crippen molar-refractivity contribution < 1.29 is 4.74 Å². The second-order valence-corrected chi connectivity index (χ2v) is 5.22. The van der Waals surface area contributed by atoms with Crippen molar-refractivity contribution >= 4 is 0 Å². The summed E-state index contributed by atoms with van der Waals surface area (Å²) in [5.74, 6) is 0.895. The van der Waals surface area contributed by atoms with E-state index in [0.717, 1.165) is 30.0 Å². The van der Waals surface area contributed by atoms with Crippen LogP contribution in [0.5, 0.6) is 5.75 Å². The molecule has 4 nitrogen and oxygen atoms in total. The number of aromatic nitrogens is 2. The maximum atomic E-state index is 5.60. The Hall–Kier alpha value is -1.94. The van der Waals surface area contributed by atoms with Crippen LogP contribution >= 0.6 is 0 Å². The Kier molecular flexibility index (Phi) is 5.28. The molecule has 0 aliphatic carbocycles. The molecule has 0 radical (unpaired) electrons. The molecule has 1 aromatic heterocycles. The van der Waals surface area contributed by atoms with Crippen LogP contribution in [-0.2, 0) is 0 Å². The van der Waals surface area contributed by atoms with Crippen LogP contribution in [0.1, 0.15) is 41.8 Å². The fourth-order valence-electron chi connectivity index (χ4n) is 2.58. The number of rotatable bonds is 6. The first-order valence-electron chi connectivity index (χ1n) is 7.31. The Morgan fingerprint density at radius 1 is 1.24 bits per heavy atom. The lowest BCUT2D eigenvalue weighted by molar-refractivity contribution is 0.402. The number of methoxy groups -OCH3 is 1. The largest absolute Gasteiger partial charge is 0.496 e. The fraction of sp³-hybridized carbons (Fsp3) is 0.412. The first kappa shape index (κ1) is 15.4. The van der Waals surface area contributed by atoms with E-state index in [9.17, 15) is 0 Å². The van der Waals surface area contributed by atoms with Crippen LogP contribution in [0, 0.1) is 13.8 Å². The molecule has 0 saturated heterocycles. The Balaban J connectivity index is 2.51. The highest BCUT2D eigenvalue weighted by molar-refractivity contribution is 5.47. The summed E-state index contributed by atoms with van der Waals surface area (Å²) in [5, 5.41) is 3.55. The molecule has 0 spiro atoms. The van der Waals surface area contributed by atoms with Crippen LogP contribution in [0.15, 0.2) is 30.7 Å². The third kappa shape index (κ3) is 3.58. The van der Waals surface area contributed by atoms with E-state index in [2.05, 4.69) is 48.2 Å². The highest BCUT2D eigenvalue weighted by Crippen LogP contribution is 2.33. The maximum absolute atomic E-state index is 5.60. The van der Waals surface area contributed by atoms with Crippen molar-refractivity contribution in [1.29, 1.82) is 0 Å². The van der Waals surface area contributed by atoms with Gasteiger partial charge in [0.1, 0.15) is 5.75 Å². The molecule has 0 fully saturated rings. The van der Waals surface area contributed by atoms with Crippen molar-refractivity contribution in [3.63, 3.8) is 0 Å². The van der Waals surface area contributed by atoms with E-state index in [-0.39, 0.29) is 6.04 Å². The molecule has 0 bridgehead atoms. The van der Waals surface area contributed by atoms with Gasteiger partial charge in [0.25, 0.3) is 0 Å². The van der Waals surface area contributed by atoms with Gasteiger partial charge in [-0.1, -0.05) is 13.0 Å². The number of nitrogens with zero attached hydrogens (tertiary/aromatic N) is 2. The molecule has 0 saturated carbocycles. The summed E-state index contributed by atoms with van der Waals surface area (Å²) in [6.45, 7) is 7.26. The van der Waals surface area contributed by atoms with Crippen molar-refractivity contribution in [3.05, 3.63) is 53.1 Å². The predicted molar refractivity (Wildman–Crippen MR) is 84.6 cm³/mol. The Labute approximate surface area is 126 Å². The molecule has 2 rings (SSSR count). The number of aryl methyl sites for hydroxylation is 2. The van der Waals surface area contributed by atoms with Crippen LogP contribution in [0.2, 0.25) is 0 Å². The molecule has 1 heterocycles. The molecule has 1 unspecified atom stereocenters. The molecule has 2 aromatic rings. The van der Waals surface area contributed by atoms with Crippen LogP contribution < -0.4 is 10.1 Å². The molecular formula is C17H23N3O. The van der Waals surface area contributed by atoms with E-state index in [1.165, 1.54) is 11.1 Å². The zero-order chi connectivity index (χ0) is 15.2. The number of nitrogens with one attached hydrogen (secondary N) is 1. The van der Waals surface area contributed by atoms with Gasteiger partial charge in [0, 0.05) is 18.0 Å². The lowest BCUT2D eigenvalue weighted by atomic mass is 9.95. The molecule has 1 aromatic carbocycles. The van der Waals surface area contributed by atoms with Crippen LogP contribution in [0.4, 0.5) is 0 Å². The fourth-order valence-corrected chi connectivity index (χ4v) is 2.58. The van der Waals surface area contributed by atoms with Gasteiger partial charge < -0.3 is 10.1 Å². The van der Waals surface area contributed by atoms with E-state index in [4.69, 9.17) is 4.74 Å². The smallest absolute Gasteiger partial charge is 0.124 e. The summed E-state index contributed by atoms with van der Waals surface area (Å²) in [7, 11) is 1.71. The van der Waals surface area contributed by atoms with Gasteiger partial charge in [0.15, 0.2) is 0 Å². The van der Waals surface area contributed by atoms with Gasteiger partial charge in [0.05, 0.1) is 25.0 Å². The molecule has 0 aliphatic heterocycles. The van der Waals surface area contributed by atoms with Gasteiger partial charge in [-0.2, -0.15) is 0 Å². The Morgan fingerprint density at radius 3 is 2.67 bits per heavy atom. The van der Waals surface area contributed by atoms with Crippen molar-refractivity contribution in [1.82, 2.24) is 15.3 Å². The van der Waals surface area contributed by atoms with Gasteiger partial charge in [-0.3, -0.25) is 9.97 Å². The summed E-state index contributed by atoms with van der Waals surface area (Å²) < 4.78 is 5.60. The van der Waals surface area contributed by atoms with Crippen molar-refractivity contribution in [2.45, 2.75) is 33.2 Å². The topological polar surface area (TPSA) is 47.0 Å². The zero-order valence-electron chi connectivity index (χ0n) is 13.2. The Morgan fingerprint density at radius 2 is 2.05 bits per heavy atom. The van der Waals surface area contributed by atoms with Crippen molar-refractivity contribution in [2.24, 2.45) is 0 Å². The first-order valence-corrected chi connectivity index (χ1v) is 7.31. The molecule has 4 heteroatoms. The SMILES string of the molecule is CCCNC(c1cnccn1)c1c(C)cc(C)cc1OC. The predicted octanol–water partition coefficient (Wildman–Crippen LogP) is 3.19. The third-order valence-corrected chi connectivity index (χ3v) is 3.48. The maximum Gasteiger partial charge on any atom is 0.124 e. The molecule has 21 heavy (non-hydrogen) atoms. The molecule has 112 valence electrons. The van der Waals surface area contributed by atoms with E-state index >= 15 is 0 Å². The summed E-state index contributed by atoms with van der Waals surface area (Å²) >= 11 is 0. The molecule has 1 N–H and O–H groups in total. The average molecular weight is 285 g/mol. The standard InChI is InChI=1S/C17H23N3O/c1-5-6-20-17(14-11-18-7-8-19-14)16-13(3)9-12(2)10-15(16)21-4/h7-11,17,20H,5-6H2,1-4H3. The highest BCUT2D eigenvalue weighted by Gasteiger charge is 2.21. The van der Waals surface area contributed by atoms with Gasteiger partial charge in [-0.25, -0.2) is 0 Å². The lowest BCUT2D eigenvalue weighted by Crippen LogP contribution is -2.25. The minimum Gasteiger partial charge on any atom is -0.496 e. The average Bonchev–Trinajstić information content (AvgIpc) is 2.49. The second kappa shape index (κ2) is 7.18. The minimum atomic E-state index is -0.00537. The normalized spacial score (nSPS) is 12.2. The van der Waals surface area contributed by atoms with E-state index in [1.807, 2.05) is 6.20 Å². The monoisotopic (exact) mass is 285 g/mol. The van der Waals surface area contributed by atoms with E-state index < -0.39 is 0 Å². The number of hydrogen-bond acceptors (Lipinski definition) is 4. The highest BCUT2D eigenvalue weighted by atomic mass is 16.5. The van der Waals surface area contributed by atoms with Crippen molar-refractivity contribution in [2.75, 3.05) is 13.7 Å². The summed E-state index contributed by atoms with van der Waals surface area (Å²) in [6.07, 6.45) is 6.29. The minimum absolute atomic E-state index is 0.00537. The van der Waals surface area contributed by atoms with Gasteiger partial charge in [0.2, 0.25) is 0 Å². The molecule has 0 aliphatic rings. The summed E-state index contributed by atoms with van der Waals surface area (Å²) in [4.78, 5) is 8.67. The third-order valence-electron chi connectivity index (χ3n) is 3.48.